The number of ether oxygens (including phenoxy) is 1. The number of aryl methyl sites for hydroxylation is 1. The molecule has 0 N–H and O–H groups in total. The summed E-state index contributed by atoms with van der Waals surface area (Å²) >= 11 is 0. The van der Waals surface area contributed by atoms with Crippen molar-refractivity contribution in [1.29, 1.82) is 0 Å². The minimum absolute atomic E-state index is 0.0491. The Morgan fingerprint density at radius 2 is 1.93 bits per heavy atom. The fourth-order valence-electron chi connectivity index (χ4n) is 3.54. The zero-order valence-corrected chi connectivity index (χ0v) is 17.0. The van der Waals surface area contributed by atoms with Crippen molar-refractivity contribution in [2.24, 2.45) is 0 Å². The fourth-order valence-corrected chi connectivity index (χ4v) is 3.54. The Labute approximate surface area is 169 Å². The Bertz CT molecular complexity index is 1030. The van der Waals surface area contributed by atoms with E-state index in [2.05, 4.69) is 10.1 Å². The van der Waals surface area contributed by atoms with E-state index < -0.39 is 0 Å². The van der Waals surface area contributed by atoms with Gasteiger partial charge in [0.05, 0.1) is 12.8 Å². The SMILES string of the molecule is COc1ccc(C)c(N2CC(c3noc(-c4ccc(N(C)C)cc4)n3)CC2=O)c1. The van der Waals surface area contributed by atoms with E-state index in [1.54, 1.807) is 12.0 Å². The van der Waals surface area contributed by atoms with Crippen LogP contribution in [0.1, 0.15) is 23.7 Å². The molecule has 1 saturated heterocycles. The van der Waals surface area contributed by atoms with E-state index >= 15 is 0 Å². The molecule has 29 heavy (non-hydrogen) atoms. The molecule has 1 aromatic heterocycles. The van der Waals surface area contributed by atoms with Crippen molar-refractivity contribution >= 4 is 17.3 Å². The molecule has 1 unspecified atom stereocenters. The van der Waals surface area contributed by atoms with Crippen LogP contribution in [-0.4, -0.2) is 43.8 Å². The van der Waals surface area contributed by atoms with Gasteiger partial charge in [0, 0.05) is 50.3 Å². The van der Waals surface area contributed by atoms with Gasteiger partial charge in [0.15, 0.2) is 5.82 Å². The van der Waals surface area contributed by atoms with Gasteiger partial charge in [0.2, 0.25) is 5.91 Å². The maximum absolute atomic E-state index is 12.7. The number of rotatable bonds is 5. The first kappa shape index (κ1) is 19.0. The summed E-state index contributed by atoms with van der Waals surface area (Å²) in [4.78, 5) is 21.1. The maximum Gasteiger partial charge on any atom is 0.257 e. The summed E-state index contributed by atoms with van der Waals surface area (Å²) in [6, 6.07) is 13.7. The van der Waals surface area contributed by atoms with E-state index in [-0.39, 0.29) is 11.8 Å². The smallest absolute Gasteiger partial charge is 0.257 e. The summed E-state index contributed by atoms with van der Waals surface area (Å²) in [6.45, 7) is 2.50. The third kappa shape index (κ3) is 3.68. The molecule has 1 aliphatic rings. The van der Waals surface area contributed by atoms with Crippen molar-refractivity contribution in [3.63, 3.8) is 0 Å². The van der Waals surface area contributed by atoms with Gasteiger partial charge in [-0.1, -0.05) is 11.2 Å². The lowest BCUT2D eigenvalue weighted by atomic mass is 10.1. The Balaban J connectivity index is 1.54. The molecule has 0 aliphatic carbocycles. The van der Waals surface area contributed by atoms with Crippen LogP contribution in [0.3, 0.4) is 0 Å². The maximum atomic E-state index is 12.7. The first-order valence-corrected chi connectivity index (χ1v) is 9.52. The highest BCUT2D eigenvalue weighted by Crippen LogP contribution is 2.34. The highest BCUT2D eigenvalue weighted by Gasteiger charge is 2.35. The van der Waals surface area contributed by atoms with Crippen molar-refractivity contribution in [3.8, 4) is 17.2 Å². The summed E-state index contributed by atoms with van der Waals surface area (Å²) in [5.74, 6) is 1.70. The average Bonchev–Trinajstić information content (AvgIpc) is 3.35. The van der Waals surface area contributed by atoms with Crippen LogP contribution < -0.4 is 14.5 Å². The minimum Gasteiger partial charge on any atom is -0.497 e. The second-order valence-electron chi connectivity index (χ2n) is 7.46. The molecule has 0 saturated carbocycles. The number of aromatic nitrogens is 2. The van der Waals surface area contributed by atoms with E-state index in [0.717, 1.165) is 28.3 Å². The number of methoxy groups -OCH3 is 1. The van der Waals surface area contributed by atoms with Crippen LogP contribution in [0.25, 0.3) is 11.5 Å². The number of hydrogen-bond donors (Lipinski definition) is 0. The zero-order valence-electron chi connectivity index (χ0n) is 17.0. The molecule has 4 rings (SSSR count). The summed E-state index contributed by atoms with van der Waals surface area (Å²) in [7, 11) is 5.61. The second-order valence-corrected chi connectivity index (χ2v) is 7.46. The van der Waals surface area contributed by atoms with Gasteiger partial charge in [-0.25, -0.2) is 0 Å². The van der Waals surface area contributed by atoms with Gasteiger partial charge in [-0.15, -0.1) is 0 Å². The van der Waals surface area contributed by atoms with E-state index in [0.29, 0.717) is 24.7 Å². The highest BCUT2D eigenvalue weighted by atomic mass is 16.5. The molecule has 1 aliphatic heterocycles. The predicted molar refractivity (Wildman–Crippen MR) is 112 cm³/mol. The Morgan fingerprint density at radius 3 is 2.62 bits per heavy atom. The average molecular weight is 392 g/mol. The standard InChI is InChI=1S/C22H24N4O3/c1-14-5-10-18(28-4)12-19(14)26-13-16(11-20(26)27)21-23-22(29-24-21)15-6-8-17(9-7-15)25(2)3/h5-10,12,16H,11,13H2,1-4H3. The summed E-state index contributed by atoms with van der Waals surface area (Å²) in [5.41, 5.74) is 3.84. The molecular weight excluding hydrogens is 368 g/mol. The normalized spacial score (nSPS) is 16.3. The molecule has 150 valence electrons. The zero-order chi connectivity index (χ0) is 20.5. The summed E-state index contributed by atoms with van der Waals surface area (Å²) in [6.07, 6.45) is 0.356. The molecule has 0 bridgehead atoms. The number of nitrogens with zero attached hydrogens (tertiary/aromatic N) is 4. The van der Waals surface area contributed by atoms with Crippen LogP contribution in [0, 0.1) is 6.92 Å². The lowest BCUT2D eigenvalue weighted by Gasteiger charge is -2.19. The highest BCUT2D eigenvalue weighted by molar-refractivity contribution is 5.97. The number of hydrogen-bond acceptors (Lipinski definition) is 6. The molecule has 1 fully saturated rings. The van der Waals surface area contributed by atoms with Gasteiger partial charge in [-0.3, -0.25) is 4.79 Å². The van der Waals surface area contributed by atoms with E-state index in [9.17, 15) is 4.79 Å². The molecule has 0 spiro atoms. The van der Waals surface area contributed by atoms with E-state index in [1.807, 2.05) is 68.4 Å². The predicted octanol–water partition coefficient (Wildman–Crippen LogP) is 3.64. The van der Waals surface area contributed by atoms with Gasteiger partial charge in [0.25, 0.3) is 5.89 Å². The lowest BCUT2D eigenvalue weighted by Crippen LogP contribution is -2.25. The van der Waals surface area contributed by atoms with Crippen molar-refractivity contribution < 1.29 is 14.1 Å². The molecule has 1 amide bonds. The van der Waals surface area contributed by atoms with Crippen LogP contribution in [0.5, 0.6) is 5.75 Å². The number of benzene rings is 2. The molecule has 0 radical (unpaired) electrons. The lowest BCUT2D eigenvalue weighted by molar-refractivity contribution is -0.117. The topological polar surface area (TPSA) is 71.7 Å². The van der Waals surface area contributed by atoms with Gasteiger partial charge in [-0.05, 0) is 42.8 Å². The monoisotopic (exact) mass is 392 g/mol. The minimum atomic E-state index is -0.105. The van der Waals surface area contributed by atoms with Crippen LogP contribution in [0.4, 0.5) is 11.4 Å². The van der Waals surface area contributed by atoms with Crippen LogP contribution in [0.15, 0.2) is 47.0 Å². The van der Waals surface area contributed by atoms with Crippen LogP contribution in [0.2, 0.25) is 0 Å². The molecule has 7 nitrogen and oxygen atoms in total. The van der Waals surface area contributed by atoms with Gasteiger partial charge >= 0.3 is 0 Å². The third-order valence-corrected chi connectivity index (χ3v) is 5.27. The van der Waals surface area contributed by atoms with Gasteiger partial charge < -0.3 is 19.1 Å². The van der Waals surface area contributed by atoms with Crippen LogP contribution >= 0.6 is 0 Å². The summed E-state index contributed by atoms with van der Waals surface area (Å²) in [5, 5.41) is 4.15. The van der Waals surface area contributed by atoms with E-state index in [4.69, 9.17) is 9.26 Å². The first-order chi connectivity index (χ1) is 14.0. The Hall–Kier alpha value is -3.35. The number of carbonyl (C=O) groups excluding carboxylic acids is 1. The van der Waals surface area contributed by atoms with Gasteiger partial charge in [0.1, 0.15) is 5.75 Å². The second kappa shape index (κ2) is 7.58. The molecule has 7 heteroatoms. The fraction of sp³-hybridized carbons (Fsp3) is 0.318. The number of amides is 1. The Morgan fingerprint density at radius 1 is 1.17 bits per heavy atom. The molecule has 2 aromatic carbocycles. The molecular formula is C22H24N4O3. The third-order valence-electron chi connectivity index (χ3n) is 5.27. The number of carbonyl (C=O) groups is 1. The largest absolute Gasteiger partial charge is 0.497 e. The van der Waals surface area contributed by atoms with Crippen molar-refractivity contribution in [3.05, 3.63) is 53.9 Å². The molecule has 3 aromatic rings. The van der Waals surface area contributed by atoms with Gasteiger partial charge in [-0.2, -0.15) is 4.98 Å². The van der Waals surface area contributed by atoms with Crippen molar-refractivity contribution in [1.82, 2.24) is 10.1 Å². The first-order valence-electron chi connectivity index (χ1n) is 9.52. The number of anilines is 2. The molecule has 1 atom stereocenters. The molecule has 2 heterocycles. The van der Waals surface area contributed by atoms with Crippen LogP contribution in [-0.2, 0) is 4.79 Å². The quantitative estimate of drug-likeness (QED) is 0.660. The van der Waals surface area contributed by atoms with Crippen molar-refractivity contribution in [2.75, 3.05) is 37.5 Å². The van der Waals surface area contributed by atoms with Crippen molar-refractivity contribution in [2.45, 2.75) is 19.3 Å². The summed E-state index contributed by atoms with van der Waals surface area (Å²) < 4.78 is 10.8. The Kier molecular flexibility index (Phi) is 4.96. The van der Waals surface area contributed by atoms with E-state index in [1.165, 1.54) is 0 Å².